The number of nitro benzene ring substituents is 1. The van der Waals surface area contributed by atoms with Gasteiger partial charge >= 0.3 is 0 Å². The molecule has 10 heteroatoms. The number of nitrogens with zero attached hydrogens (tertiary/aromatic N) is 4. The third-order valence-corrected chi connectivity index (χ3v) is 6.30. The molecule has 1 aromatic carbocycles. The number of nitrogens with one attached hydrogen (secondary N) is 1. The standard InChI is InChI=1S/C19H25N5O4S/c1-19(2,3)21-29(27,28)16-4-5-17(18(14-16)24(25)26)23-12-10-22(11-13-23)15-6-8-20-9-7-15/h4-9,14,21H,10-13H2,1-3H3. The molecule has 1 N–H and O–H groups in total. The molecular weight excluding hydrogens is 394 g/mol. The van der Waals surface area contributed by atoms with E-state index in [4.69, 9.17) is 0 Å². The van der Waals surface area contributed by atoms with Crippen molar-refractivity contribution >= 4 is 27.1 Å². The number of piperazine rings is 1. The molecule has 0 bridgehead atoms. The lowest BCUT2D eigenvalue weighted by atomic mass is 10.1. The Hall–Kier alpha value is -2.72. The van der Waals surface area contributed by atoms with E-state index < -0.39 is 20.5 Å². The average molecular weight is 420 g/mol. The Labute approximate surface area is 170 Å². The number of hydrogen-bond donors (Lipinski definition) is 1. The van der Waals surface area contributed by atoms with Crippen molar-refractivity contribution in [1.82, 2.24) is 9.71 Å². The molecule has 1 fully saturated rings. The monoisotopic (exact) mass is 419 g/mol. The van der Waals surface area contributed by atoms with Gasteiger partial charge in [-0.05, 0) is 45.0 Å². The van der Waals surface area contributed by atoms with Crippen LogP contribution in [0.1, 0.15) is 20.8 Å². The highest BCUT2D eigenvalue weighted by molar-refractivity contribution is 7.89. The second-order valence-electron chi connectivity index (χ2n) is 7.94. The van der Waals surface area contributed by atoms with Gasteiger partial charge in [0.2, 0.25) is 10.0 Å². The molecule has 156 valence electrons. The summed E-state index contributed by atoms with van der Waals surface area (Å²) < 4.78 is 27.6. The number of benzene rings is 1. The van der Waals surface area contributed by atoms with Gasteiger partial charge < -0.3 is 9.80 Å². The maximum atomic E-state index is 12.6. The number of sulfonamides is 1. The van der Waals surface area contributed by atoms with E-state index in [9.17, 15) is 18.5 Å². The Morgan fingerprint density at radius 3 is 2.17 bits per heavy atom. The molecule has 9 nitrogen and oxygen atoms in total. The summed E-state index contributed by atoms with van der Waals surface area (Å²) in [6.45, 7) is 7.74. The lowest BCUT2D eigenvalue weighted by Crippen LogP contribution is -2.46. The van der Waals surface area contributed by atoms with Crippen LogP contribution in [0.2, 0.25) is 0 Å². The normalized spacial score (nSPS) is 15.4. The van der Waals surface area contributed by atoms with Crippen molar-refractivity contribution in [2.45, 2.75) is 31.2 Å². The van der Waals surface area contributed by atoms with Crippen molar-refractivity contribution in [1.29, 1.82) is 0 Å². The third-order valence-electron chi connectivity index (χ3n) is 4.54. The van der Waals surface area contributed by atoms with E-state index in [0.717, 1.165) is 11.8 Å². The van der Waals surface area contributed by atoms with Gasteiger partial charge in [0.1, 0.15) is 5.69 Å². The van der Waals surface area contributed by atoms with Crippen LogP contribution in [0.25, 0.3) is 0 Å². The Kier molecular flexibility index (Phi) is 5.76. The molecule has 0 saturated carbocycles. The first-order valence-electron chi connectivity index (χ1n) is 9.29. The van der Waals surface area contributed by atoms with Gasteiger partial charge in [-0.2, -0.15) is 0 Å². The van der Waals surface area contributed by atoms with Crippen molar-refractivity contribution in [3.05, 3.63) is 52.8 Å². The SMILES string of the molecule is CC(C)(C)NS(=O)(=O)c1ccc(N2CCN(c3ccncc3)CC2)c([N+](=O)[O-])c1. The fourth-order valence-electron chi connectivity index (χ4n) is 3.31. The molecule has 0 unspecified atom stereocenters. The first kappa shape index (κ1) is 21.0. The first-order valence-corrected chi connectivity index (χ1v) is 10.8. The fraction of sp³-hybridized carbons (Fsp3) is 0.421. The Morgan fingerprint density at radius 1 is 1.03 bits per heavy atom. The van der Waals surface area contributed by atoms with E-state index in [1.807, 2.05) is 17.0 Å². The van der Waals surface area contributed by atoms with Crippen molar-refractivity contribution in [2.75, 3.05) is 36.0 Å². The van der Waals surface area contributed by atoms with E-state index in [2.05, 4.69) is 14.6 Å². The van der Waals surface area contributed by atoms with Gasteiger partial charge in [-0.25, -0.2) is 13.1 Å². The van der Waals surface area contributed by atoms with E-state index in [-0.39, 0.29) is 10.6 Å². The maximum Gasteiger partial charge on any atom is 0.293 e. The molecular formula is C19H25N5O4S. The summed E-state index contributed by atoms with van der Waals surface area (Å²) in [5.41, 5.74) is 0.595. The topological polar surface area (TPSA) is 109 Å². The van der Waals surface area contributed by atoms with Gasteiger partial charge in [0.25, 0.3) is 5.69 Å². The quantitative estimate of drug-likeness (QED) is 0.585. The molecule has 0 radical (unpaired) electrons. The van der Waals surface area contributed by atoms with Crippen LogP contribution in [0.3, 0.4) is 0 Å². The zero-order chi connectivity index (χ0) is 21.2. The summed E-state index contributed by atoms with van der Waals surface area (Å²) in [5, 5.41) is 11.7. The highest BCUT2D eigenvalue weighted by Gasteiger charge is 2.28. The second kappa shape index (κ2) is 7.96. The summed E-state index contributed by atoms with van der Waals surface area (Å²) in [4.78, 5) is 19.1. The lowest BCUT2D eigenvalue weighted by Gasteiger charge is -2.37. The number of nitro groups is 1. The summed E-state index contributed by atoms with van der Waals surface area (Å²) in [5.74, 6) is 0. The predicted octanol–water partition coefficient (Wildman–Crippen LogP) is 2.39. The lowest BCUT2D eigenvalue weighted by molar-refractivity contribution is -0.384. The Balaban J connectivity index is 1.83. The highest BCUT2D eigenvalue weighted by atomic mass is 32.2. The molecule has 29 heavy (non-hydrogen) atoms. The Morgan fingerprint density at radius 2 is 1.62 bits per heavy atom. The van der Waals surface area contributed by atoms with Gasteiger partial charge in [0.15, 0.2) is 0 Å². The van der Waals surface area contributed by atoms with Crippen LogP contribution in [-0.4, -0.2) is 50.0 Å². The minimum absolute atomic E-state index is 0.113. The zero-order valence-corrected chi connectivity index (χ0v) is 17.5. The van der Waals surface area contributed by atoms with E-state index in [0.29, 0.717) is 31.9 Å². The molecule has 1 aromatic heterocycles. The molecule has 0 spiro atoms. The first-order chi connectivity index (χ1) is 13.6. The van der Waals surface area contributed by atoms with E-state index in [1.54, 1.807) is 33.2 Å². The van der Waals surface area contributed by atoms with Crippen LogP contribution >= 0.6 is 0 Å². The number of hydrogen-bond acceptors (Lipinski definition) is 7. The minimum Gasteiger partial charge on any atom is -0.368 e. The van der Waals surface area contributed by atoms with E-state index in [1.165, 1.54) is 12.1 Å². The van der Waals surface area contributed by atoms with Gasteiger partial charge in [-0.15, -0.1) is 0 Å². The van der Waals surface area contributed by atoms with Gasteiger partial charge in [0, 0.05) is 55.9 Å². The van der Waals surface area contributed by atoms with Gasteiger partial charge in [-0.3, -0.25) is 15.1 Å². The molecule has 0 atom stereocenters. The van der Waals surface area contributed by atoms with E-state index >= 15 is 0 Å². The Bertz CT molecular complexity index is 981. The highest BCUT2D eigenvalue weighted by Crippen LogP contribution is 2.32. The zero-order valence-electron chi connectivity index (χ0n) is 16.7. The molecule has 2 aromatic rings. The predicted molar refractivity (Wildman–Crippen MR) is 112 cm³/mol. The van der Waals surface area contributed by atoms with Crippen molar-refractivity contribution in [3.63, 3.8) is 0 Å². The van der Waals surface area contributed by atoms with Crippen molar-refractivity contribution in [2.24, 2.45) is 0 Å². The van der Waals surface area contributed by atoms with Crippen LogP contribution in [-0.2, 0) is 10.0 Å². The number of rotatable bonds is 5. The van der Waals surface area contributed by atoms with Crippen molar-refractivity contribution < 1.29 is 13.3 Å². The summed E-state index contributed by atoms with van der Waals surface area (Å²) in [6, 6.07) is 7.95. The van der Waals surface area contributed by atoms with Crippen molar-refractivity contribution in [3.8, 4) is 0 Å². The molecule has 2 heterocycles. The number of pyridine rings is 1. The molecule has 3 rings (SSSR count). The van der Waals surface area contributed by atoms with Crippen LogP contribution in [0, 0.1) is 10.1 Å². The molecule has 1 aliphatic rings. The fourth-order valence-corrected chi connectivity index (χ4v) is 4.74. The third kappa shape index (κ3) is 5.01. The minimum atomic E-state index is -3.85. The summed E-state index contributed by atoms with van der Waals surface area (Å²) >= 11 is 0. The molecule has 1 saturated heterocycles. The van der Waals surface area contributed by atoms with Crippen LogP contribution in [0.5, 0.6) is 0 Å². The molecule has 0 aliphatic carbocycles. The smallest absolute Gasteiger partial charge is 0.293 e. The van der Waals surface area contributed by atoms with Crippen LogP contribution in [0.15, 0.2) is 47.6 Å². The maximum absolute atomic E-state index is 12.6. The second-order valence-corrected chi connectivity index (χ2v) is 9.63. The van der Waals surface area contributed by atoms with Crippen LogP contribution < -0.4 is 14.5 Å². The summed E-state index contributed by atoms with van der Waals surface area (Å²) in [6.07, 6.45) is 3.47. The van der Waals surface area contributed by atoms with Gasteiger partial charge in [0.05, 0.1) is 9.82 Å². The number of aromatic nitrogens is 1. The average Bonchev–Trinajstić information content (AvgIpc) is 2.66. The molecule has 0 amide bonds. The summed E-state index contributed by atoms with van der Waals surface area (Å²) in [7, 11) is -3.85. The molecule has 1 aliphatic heterocycles. The van der Waals surface area contributed by atoms with Gasteiger partial charge in [-0.1, -0.05) is 0 Å². The largest absolute Gasteiger partial charge is 0.368 e. The van der Waals surface area contributed by atoms with Crippen LogP contribution in [0.4, 0.5) is 17.1 Å². The number of anilines is 2.